The molecule has 0 unspecified atom stereocenters. The van der Waals surface area contributed by atoms with Gasteiger partial charge >= 0.3 is 6.09 Å². The van der Waals surface area contributed by atoms with Crippen LogP contribution in [0.2, 0.25) is 0 Å². The fourth-order valence-electron chi connectivity index (χ4n) is 1.40. The number of sulfonamides is 1. The zero-order chi connectivity index (χ0) is 11.8. The van der Waals surface area contributed by atoms with Crippen LogP contribution in [0.15, 0.2) is 11.1 Å². The van der Waals surface area contributed by atoms with E-state index in [9.17, 15) is 13.2 Å². The number of aryl methyl sites for hydroxylation is 1. The Morgan fingerprint density at radius 3 is 3.06 bits per heavy atom. The molecule has 2 N–H and O–H groups in total. The third-order valence-corrected chi connectivity index (χ3v) is 3.33. The summed E-state index contributed by atoms with van der Waals surface area (Å²) in [6.07, 6.45) is 0.169. The van der Waals surface area contributed by atoms with Gasteiger partial charge in [0.25, 0.3) is 10.0 Å². The van der Waals surface area contributed by atoms with Gasteiger partial charge in [0, 0.05) is 13.0 Å². The second-order valence-electron chi connectivity index (χ2n) is 3.15. The largest absolute Gasteiger partial charge is 0.477 e. The fourth-order valence-corrected chi connectivity index (χ4v) is 2.32. The van der Waals surface area contributed by atoms with Crippen LogP contribution in [0, 0.1) is 0 Å². The number of fused-ring (bicyclic) bond motifs is 1. The zero-order valence-corrected chi connectivity index (χ0v) is 8.90. The molecule has 8 nitrogen and oxygen atoms in total. The fraction of sp³-hybridized carbons (Fsp3) is 0.429. The van der Waals surface area contributed by atoms with Crippen molar-refractivity contribution in [2.24, 2.45) is 0 Å². The monoisotopic (exact) mass is 247 g/mol. The second kappa shape index (κ2) is 3.67. The van der Waals surface area contributed by atoms with E-state index in [0.717, 1.165) is 12.6 Å². The molecule has 16 heavy (non-hydrogen) atoms. The van der Waals surface area contributed by atoms with E-state index in [1.165, 1.54) is 9.40 Å². The van der Waals surface area contributed by atoms with Crippen molar-refractivity contribution in [3.63, 3.8) is 0 Å². The molecular formula is C7H9N3O5S. The van der Waals surface area contributed by atoms with Gasteiger partial charge in [0.15, 0.2) is 4.90 Å². The van der Waals surface area contributed by atoms with Crippen LogP contribution >= 0.6 is 0 Å². The maximum absolute atomic E-state index is 11.6. The van der Waals surface area contributed by atoms with Crippen molar-refractivity contribution in [1.29, 1.82) is 0 Å². The number of carboxylic acid groups (broad SMARTS) is 1. The van der Waals surface area contributed by atoms with Gasteiger partial charge in [-0.2, -0.15) is 5.10 Å². The lowest BCUT2D eigenvalue weighted by atomic mass is 10.4. The first-order chi connectivity index (χ1) is 7.50. The average Bonchev–Trinajstić information content (AvgIpc) is 2.59. The summed E-state index contributed by atoms with van der Waals surface area (Å²) in [5.74, 6) is 0.0833. The molecular weight excluding hydrogens is 238 g/mol. The van der Waals surface area contributed by atoms with Crippen molar-refractivity contribution in [1.82, 2.24) is 14.5 Å². The normalized spacial score (nSPS) is 15.0. The predicted octanol–water partition coefficient (Wildman–Crippen LogP) is -0.378. The summed E-state index contributed by atoms with van der Waals surface area (Å²) in [6, 6.07) is 0. The molecule has 2 heterocycles. The van der Waals surface area contributed by atoms with Gasteiger partial charge in [-0.3, -0.25) is 0 Å². The van der Waals surface area contributed by atoms with E-state index in [1.54, 1.807) is 0 Å². The van der Waals surface area contributed by atoms with Gasteiger partial charge in [-0.05, 0) is 0 Å². The number of hydrogen-bond donors (Lipinski definition) is 2. The van der Waals surface area contributed by atoms with Gasteiger partial charge in [0.1, 0.15) is 0 Å². The van der Waals surface area contributed by atoms with Crippen LogP contribution in [0.5, 0.6) is 5.88 Å². The highest BCUT2D eigenvalue weighted by molar-refractivity contribution is 7.90. The molecule has 0 spiro atoms. The number of carbonyl (C=O) groups is 1. The lowest BCUT2D eigenvalue weighted by Gasteiger charge is -2.15. The highest BCUT2D eigenvalue weighted by Gasteiger charge is 2.27. The summed E-state index contributed by atoms with van der Waals surface area (Å²) < 4.78 is 31.1. The summed E-state index contributed by atoms with van der Waals surface area (Å²) in [6.45, 7) is 0.944. The standard InChI is InChI=1S/C7H9N3O5S/c11-7(12)9-16(13,14)5-4-8-10-2-1-3-15-6(5)10/h4,9H,1-3H2,(H,11,12). The van der Waals surface area contributed by atoms with Gasteiger partial charge < -0.3 is 9.84 Å². The number of nitrogens with one attached hydrogen (secondary N) is 1. The van der Waals surface area contributed by atoms with Crippen molar-refractivity contribution in [2.75, 3.05) is 6.61 Å². The summed E-state index contributed by atoms with van der Waals surface area (Å²) in [5.41, 5.74) is 0. The number of ether oxygens (including phenoxy) is 1. The molecule has 0 bridgehead atoms. The lowest BCUT2D eigenvalue weighted by molar-refractivity contribution is 0.201. The first-order valence-corrected chi connectivity index (χ1v) is 5.93. The Balaban J connectivity index is 2.41. The Morgan fingerprint density at radius 1 is 1.62 bits per heavy atom. The first-order valence-electron chi connectivity index (χ1n) is 4.45. The van der Waals surface area contributed by atoms with Gasteiger partial charge in [-0.25, -0.2) is 22.6 Å². The van der Waals surface area contributed by atoms with Gasteiger partial charge in [-0.1, -0.05) is 0 Å². The summed E-state index contributed by atoms with van der Waals surface area (Å²) in [5, 5.41) is 12.2. The smallest absolute Gasteiger partial charge is 0.418 e. The van der Waals surface area contributed by atoms with Gasteiger partial charge in [-0.15, -0.1) is 0 Å². The van der Waals surface area contributed by atoms with Crippen LogP contribution < -0.4 is 9.46 Å². The Kier molecular flexibility index (Phi) is 2.46. The Hall–Kier alpha value is -1.77. The van der Waals surface area contributed by atoms with Crippen LogP contribution in [0.4, 0.5) is 4.79 Å². The molecule has 1 amide bonds. The van der Waals surface area contributed by atoms with Crippen LogP contribution in [-0.2, 0) is 16.6 Å². The maximum Gasteiger partial charge on any atom is 0.418 e. The molecule has 88 valence electrons. The van der Waals surface area contributed by atoms with Crippen LogP contribution in [0.3, 0.4) is 0 Å². The van der Waals surface area contributed by atoms with Crippen LogP contribution in [0.25, 0.3) is 0 Å². The predicted molar refractivity (Wildman–Crippen MR) is 50.7 cm³/mol. The molecule has 9 heteroatoms. The Morgan fingerprint density at radius 2 is 2.38 bits per heavy atom. The van der Waals surface area contributed by atoms with Crippen molar-refractivity contribution in [3.05, 3.63) is 6.20 Å². The number of nitrogens with zero attached hydrogens (tertiary/aromatic N) is 2. The molecule has 0 saturated heterocycles. The van der Waals surface area contributed by atoms with E-state index in [4.69, 9.17) is 9.84 Å². The highest BCUT2D eigenvalue weighted by atomic mass is 32.2. The first kappa shape index (κ1) is 10.7. The quantitative estimate of drug-likeness (QED) is 0.737. The zero-order valence-electron chi connectivity index (χ0n) is 8.08. The summed E-state index contributed by atoms with van der Waals surface area (Å²) in [4.78, 5) is 10.1. The summed E-state index contributed by atoms with van der Waals surface area (Å²) in [7, 11) is -4.12. The molecule has 0 radical (unpaired) electrons. The minimum atomic E-state index is -4.12. The molecule has 0 fully saturated rings. The summed E-state index contributed by atoms with van der Waals surface area (Å²) >= 11 is 0. The highest BCUT2D eigenvalue weighted by Crippen LogP contribution is 2.26. The molecule has 0 aliphatic carbocycles. The average molecular weight is 247 g/mol. The number of aromatic nitrogens is 2. The van der Waals surface area contributed by atoms with Crippen LogP contribution in [0.1, 0.15) is 6.42 Å². The molecule has 2 rings (SSSR count). The van der Waals surface area contributed by atoms with Gasteiger partial charge in [0.2, 0.25) is 5.88 Å². The second-order valence-corrected chi connectivity index (χ2v) is 4.80. The van der Waals surface area contributed by atoms with Crippen molar-refractivity contribution in [3.8, 4) is 5.88 Å². The van der Waals surface area contributed by atoms with E-state index in [0.29, 0.717) is 13.2 Å². The third kappa shape index (κ3) is 1.81. The van der Waals surface area contributed by atoms with E-state index < -0.39 is 16.1 Å². The number of hydrogen-bond acceptors (Lipinski definition) is 5. The number of rotatable bonds is 2. The van der Waals surface area contributed by atoms with Crippen molar-refractivity contribution in [2.45, 2.75) is 17.9 Å². The molecule has 0 atom stereocenters. The molecule has 0 saturated carbocycles. The molecule has 1 aromatic heterocycles. The third-order valence-electron chi connectivity index (χ3n) is 2.02. The minimum absolute atomic E-state index is 0.0833. The maximum atomic E-state index is 11.6. The van der Waals surface area contributed by atoms with E-state index in [2.05, 4.69) is 5.10 Å². The molecule has 1 aliphatic heterocycles. The Labute approximate surface area is 90.9 Å². The molecule has 1 aliphatic rings. The van der Waals surface area contributed by atoms with Crippen molar-refractivity contribution >= 4 is 16.1 Å². The minimum Gasteiger partial charge on any atom is -0.477 e. The Bertz CT molecular complexity index is 520. The topological polar surface area (TPSA) is 111 Å². The van der Waals surface area contributed by atoms with Gasteiger partial charge in [0.05, 0.1) is 12.8 Å². The lowest BCUT2D eigenvalue weighted by Crippen LogP contribution is -2.29. The van der Waals surface area contributed by atoms with Crippen LogP contribution in [-0.4, -0.2) is 36.0 Å². The molecule has 0 aromatic carbocycles. The van der Waals surface area contributed by atoms with E-state index in [-0.39, 0.29) is 10.8 Å². The van der Waals surface area contributed by atoms with Crippen molar-refractivity contribution < 1.29 is 23.1 Å². The molecule has 1 aromatic rings. The van der Waals surface area contributed by atoms with E-state index >= 15 is 0 Å². The SMILES string of the molecule is O=C(O)NS(=O)(=O)c1cnn2c1OCCC2. The van der Waals surface area contributed by atoms with E-state index in [1.807, 2.05) is 0 Å². The number of amides is 1.